The van der Waals surface area contributed by atoms with Crippen LogP contribution in [0.5, 0.6) is 0 Å². The summed E-state index contributed by atoms with van der Waals surface area (Å²) in [6.45, 7) is 0. The van der Waals surface area contributed by atoms with Crippen molar-refractivity contribution in [1.82, 2.24) is 0 Å². The Kier molecular flexibility index (Phi) is 104. The number of rotatable bonds is 0. The first-order chi connectivity index (χ1) is 4.18. The molecule has 12 N–H and O–H groups in total. The van der Waals surface area contributed by atoms with Crippen molar-refractivity contribution in [2.45, 2.75) is 0 Å². The first-order valence-corrected chi connectivity index (χ1v) is 2.12. The van der Waals surface area contributed by atoms with Crippen LogP contribution in [0.1, 0.15) is 0 Å². The van der Waals surface area contributed by atoms with Crippen molar-refractivity contribution in [1.29, 1.82) is 0 Å². The zero-order chi connectivity index (χ0) is 6.85. The van der Waals surface area contributed by atoms with Crippen LogP contribution in [0.15, 0.2) is 0 Å². The first-order valence-electron chi connectivity index (χ1n) is 2.12. The van der Waals surface area contributed by atoms with Gasteiger partial charge < -0.3 is 61.6 Å². The molecule has 12 nitrogen and oxygen atoms in total. The van der Waals surface area contributed by atoms with Crippen LogP contribution in [0.25, 0.3) is 0 Å². The smallest absolute Gasteiger partial charge is 0.833 e. The molecule has 1 heterocycles. The Balaban J connectivity index is -0.0000000129. The fraction of sp³-hybridized carbons (Fsp3) is 0. The van der Waals surface area contributed by atoms with Gasteiger partial charge in [0.1, 0.15) is 0 Å². The van der Waals surface area contributed by atoms with Crippen molar-refractivity contribution < 1.29 is 150 Å². The summed E-state index contributed by atoms with van der Waals surface area (Å²) in [6, 6.07) is 0. The molecule has 1 fully saturated rings. The molecule has 96 valence electrons. The second kappa shape index (κ2) is 31.9. The van der Waals surface area contributed by atoms with Crippen LogP contribution < -0.4 is 104 Å². The van der Waals surface area contributed by atoms with E-state index < -0.39 is 22.0 Å². The number of hydrogen-bond acceptors (Lipinski definition) is 6. The second-order valence-electron chi connectivity index (χ2n) is 1.27. The molecule has 1 saturated heterocycles. The Morgan fingerprint density at radius 3 is 0.667 bits per heavy atom. The third kappa shape index (κ3) is 27.1. The van der Waals surface area contributed by atoms with Gasteiger partial charge in [0.2, 0.25) is 0 Å². The third-order valence-electron chi connectivity index (χ3n) is 0.667. The van der Waals surface area contributed by atoms with Crippen molar-refractivity contribution in [2.24, 2.45) is 0 Å². The summed E-state index contributed by atoms with van der Waals surface area (Å²) in [5, 5.41) is 30.1. The average molecular weight is 305 g/mol. The fourth-order valence-corrected chi connectivity index (χ4v) is 0.368. The zero-order valence-electron chi connectivity index (χ0n) is 10.2. The summed E-state index contributed by atoms with van der Waals surface area (Å²) in [7, 11) is -6.03. The quantitative estimate of drug-likeness (QED) is 0.390. The van der Waals surface area contributed by atoms with Crippen LogP contribution in [0.4, 0.5) is 0 Å². The molecule has 18 heavy (non-hydrogen) atoms. The van der Waals surface area contributed by atoms with Gasteiger partial charge in [-0.05, 0) is 0 Å². The molecule has 0 radical (unpaired) electrons. The molecule has 0 aromatic rings. The fourth-order valence-electron chi connectivity index (χ4n) is 0.368. The van der Waals surface area contributed by atoms with E-state index in [1.54, 1.807) is 0 Å². The predicted octanol–water partition coefficient (Wildman–Crippen LogP) is -18.9. The molecule has 0 bridgehead atoms. The van der Waals surface area contributed by atoms with Crippen LogP contribution in [-0.4, -0.2) is 54.8 Å². The van der Waals surface area contributed by atoms with Crippen molar-refractivity contribution >= 4 is 22.0 Å². The van der Waals surface area contributed by atoms with Crippen molar-refractivity contribution in [3.8, 4) is 0 Å². The van der Waals surface area contributed by atoms with Gasteiger partial charge in [0.15, 0.2) is 0 Å². The van der Waals surface area contributed by atoms with Gasteiger partial charge in [-0.1, -0.05) is 0 Å². The molecule has 1 aliphatic heterocycles. The summed E-state index contributed by atoms with van der Waals surface area (Å²) < 4.78 is 11.4. The van der Waals surface area contributed by atoms with Crippen LogP contribution in [0, 0.1) is 0 Å². The minimum Gasteiger partial charge on any atom is -0.833 e. The van der Waals surface area contributed by atoms with Gasteiger partial charge in [0.05, 0.1) is 0 Å². The van der Waals surface area contributed by atoms with Gasteiger partial charge >= 0.3 is 111 Å². The molecule has 0 aromatic heterocycles. The van der Waals surface area contributed by atoms with Gasteiger partial charge in [-0.3, -0.25) is 0 Å². The normalized spacial score (nSPS) is 10.5. The van der Waals surface area contributed by atoms with Crippen molar-refractivity contribution in [3.05, 3.63) is 0 Å². The van der Waals surface area contributed by atoms with E-state index in [2.05, 4.69) is 13.7 Å². The molecular weight excluding hydrogens is 293 g/mol. The molecule has 0 aromatic carbocycles. The minimum atomic E-state index is -2.01. The van der Waals surface area contributed by atoms with Crippen LogP contribution >= 0.6 is 0 Å². The summed E-state index contributed by atoms with van der Waals surface area (Å²) >= 11 is 0. The molecule has 0 atom stereocenters. The second-order valence-corrected chi connectivity index (χ2v) is 1.27. The standard InChI is InChI=1S/B3O6.3Na.6H2O/c4-1-7-2(5)9-3(6)8-1;;;;;;;;;/h;;;;6*1H2/q-3;3*+1;;;;;;. The van der Waals surface area contributed by atoms with E-state index in [0.29, 0.717) is 0 Å². The maximum absolute atomic E-state index is 10.0. The molecule has 0 spiro atoms. The Bertz CT molecular complexity index is 83.5. The van der Waals surface area contributed by atoms with E-state index in [-0.39, 0.29) is 122 Å². The van der Waals surface area contributed by atoms with E-state index in [0.717, 1.165) is 0 Å². The predicted molar refractivity (Wildman–Crippen MR) is 42.2 cm³/mol. The van der Waals surface area contributed by atoms with Gasteiger partial charge in [-0.25, -0.2) is 0 Å². The first kappa shape index (κ1) is 58.7. The van der Waals surface area contributed by atoms with Gasteiger partial charge in [-0.15, -0.1) is 0 Å². The van der Waals surface area contributed by atoms with Crippen LogP contribution in [0.2, 0.25) is 0 Å². The molecule has 18 heteroatoms. The largest absolute Gasteiger partial charge is 1.00 e. The van der Waals surface area contributed by atoms with Gasteiger partial charge in [0, 0.05) is 0 Å². The van der Waals surface area contributed by atoms with Crippen LogP contribution in [-0.2, 0) is 13.7 Å². The Labute approximate surface area is 170 Å². The van der Waals surface area contributed by atoms with Gasteiger partial charge in [0.25, 0.3) is 0 Å². The maximum Gasteiger partial charge on any atom is 1.00 e. The van der Waals surface area contributed by atoms with Crippen molar-refractivity contribution in [2.75, 3.05) is 0 Å². The average Bonchev–Trinajstić information content (AvgIpc) is 1.59. The minimum absolute atomic E-state index is 0. The molecule has 0 amide bonds. The molecule has 1 aliphatic rings. The molecule has 0 saturated carbocycles. The Morgan fingerprint density at radius 2 is 0.556 bits per heavy atom. The number of hydrogen-bond donors (Lipinski definition) is 0. The third-order valence-corrected chi connectivity index (χ3v) is 0.667. The topological polar surface area (TPSA) is 286 Å². The summed E-state index contributed by atoms with van der Waals surface area (Å²) in [5.74, 6) is 0. The van der Waals surface area contributed by atoms with E-state index >= 15 is 0 Å². The monoisotopic (exact) mass is 306 g/mol. The Morgan fingerprint density at radius 1 is 0.444 bits per heavy atom. The van der Waals surface area contributed by atoms with E-state index in [1.807, 2.05) is 0 Å². The molecular formula is H12B3Na3O12. The SMILES string of the molecule is O.O.O.O.O.O.[Na+].[Na+].[Na+].[O-]B1OB([O-])OB([O-])O1. The zero-order valence-corrected chi connectivity index (χ0v) is 16.2. The molecule has 0 aliphatic carbocycles. The Hall–Kier alpha value is 2.71. The maximum atomic E-state index is 10.0. The molecule has 0 unspecified atom stereocenters. The summed E-state index contributed by atoms with van der Waals surface area (Å²) in [6.07, 6.45) is 0. The van der Waals surface area contributed by atoms with Crippen molar-refractivity contribution in [3.63, 3.8) is 0 Å². The van der Waals surface area contributed by atoms with E-state index in [9.17, 15) is 15.1 Å². The van der Waals surface area contributed by atoms with Crippen LogP contribution in [0.3, 0.4) is 0 Å². The summed E-state index contributed by atoms with van der Waals surface area (Å²) in [5.41, 5.74) is 0. The van der Waals surface area contributed by atoms with E-state index in [4.69, 9.17) is 0 Å². The van der Waals surface area contributed by atoms with Gasteiger partial charge in [-0.2, -0.15) is 0 Å². The summed E-state index contributed by atoms with van der Waals surface area (Å²) in [4.78, 5) is 0. The van der Waals surface area contributed by atoms with E-state index in [1.165, 1.54) is 0 Å². The molecule has 1 rings (SSSR count).